The highest BCUT2D eigenvalue weighted by atomic mass is 32.2. The molecule has 0 atom stereocenters. The number of unbranched alkanes of at least 4 members (excludes halogenated alkanes) is 1. The van der Waals surface area contributed by atoms with E-state index >= 15 is 0 Å². The fraction of sp³-hybridized carbons (Fsp3) is 0.489. The molecule has 5 aromatic rings. The number of hydroxylamine groups is 1. The Morgan fingerprint density at radius 1 is 0.422 bits per heavy atom. The molecule has 2 aliphatic heterocycles. The maximum Gasteiger partial charge on any atom is 0.285 e. The molecule has 64 heavy (non-hydrogen) atoms. The minimum atomic E-state index is -3.70. The van der Waals surface area contributed by atoms with Crippen LogP contribution in [0.3, 0.4) is 0 Å². The maximum atomic E-state index is 13.9. The number of fused-ring (bicyclic) bond motifs is 2. The molecule has 0 unspecified atom stereocenters. The van der Waals surface area contributed by atoms with Gasteiger partial charge in [-0.25, -0.2) is 0 Å². The summed E-state index contributed by atoms with van der Waals surface area (Å²) in [6.45, 7) is 12.1. The van der Waals surface area contributed by atoms with E-state index in [1.54, 1.807) is 31.2 Å². The van der Waals surface area contributed by atoms with Gasteiger partial charge in [-0.1, -0.05) is 64.8 Å². The van der Waals surface area contributed by atoms with Gasteiger partial charge >= 0.3 is 0 Å². The lowest BCUT2D eigenvalue weighted by Crippen LogP contribution is -2.42. The van der Waals surface area contributed by atoms with E-state index in [0.29, 0.717) is 72.6 Å². The number of nitrogens with zero attached hydrogens (tertiary/aromatic N) is 2. The van der Waals surface area contributed by atoms with E-state index in [0.717, 1.165) is 38.7 Å². The molecule has 5 aromatic carbocycles. The number of amides is 4. The highest BCUT2D eigenvalue weighted by molar-refractivity contribution is 7.86. The van der Waals surface area contributed by atoms with Crippen LogP contribution in [0.4, 0.5) is 0 Å². The number of imide groups is 2. The molecule has 0 saturated carbocycles. The second kappa shape index (κ2) is 23.5. The lowest BCUT2D eigenvalue weighted by Gasteiger charge is -2.30. The Balaban J connectivity index is 0.00000163. The molecular weight excluding hydrogens is 847 g/mol. The SMILES string of the molecule is CCCC.CCCOCCOCCOCCN1C(=O)c2ccc3c4ccc5c6c(ccc(c7ccc(c2c37)C1=O)c64)C(=O)N(CCOCCOCCOCCS(=O)(=O)ONCC)C5=O. The van der Waals surface area contributed by atoms with Gasteiger partial charge < -0.3 is 28.4 Å². The lowest BCUT2D eigenvalue weighted by atomic mass is 9.82. The van der Waals surface area contributed by atoms with Crippen LogP contribution in [0.5, 0.6) is 0 Å². The first-order chi connectivity index (χ1) is 31.1. The Morgan fingerprint density at radius 2 is 0.750 bits per heavy atom. The van der Waals surface area contributed by atoms with Crippen LogP contribution in [-0.4, -0.2) is 147 Å². The average Bonchev–Trinajstić information content (AvgIpc) is 3.30. The fourth-order valence-corrected chi connectivity index (χ4v) is 8.37. The van der Waals surface area contributed by atoms with Gasteiger partial charge in [0.25, 0.3) is 33.7 Å². The zero-order valence-electron chi connectivity index (χ0n) is 37.2. The molecule has 4 amide bonds. The molecule has 17 heteroatoms. The molecule has 2 heterocycles. The molecule has 0 fully saturated rings. The third-order valence-electron chi connectivity index (χ3n) is 10.9. The van der Waals surface area contributed by atoms with Gasteiger partial charge in [0.15, 0.2) is 0 Å². The summed E-state index contributed by atoms with van der Waals surface area (Å²) in [6.07, 6.45) is 3.59. The second-order valence-corrected chi connectivity index (χ2v) is 16.9. The molecule has 0 aromatic heterocycles. The number of carbonyl (C=O) groups excluding carboxylic acids is 4. The average molecular weight is 906 g/mol. The number of benzene rings is 5. The van der Waals surface area contributed by atoms with Crippen LogP contribution in [0, 0.1) is 0 Å². The normalized spacial score (nSPS) is 13.9. The van der Waals surface area contributed by atoms with Crippen molar-refractivity contribution in [3.05, 3.63) is 70.8 Å². The molecule has 0 bridgehead atoms. The molecule has 7 rings (SSSR count). The number of hydrogen-bond donors (Lipinski definition) is 1. The third kappa shape index (κ3) is 11.0. The predicted octanol–water partition coefficient (Wildman–Crippen LogP) is 6.12. The summed E-state index contributed by atoms with van der Waals surface area (Å²) in [6, 6.07) is 14.5. The lowest BCUT2D eigenvalue weighted by molar-refractivity contribution is 0.0108. The number of carbonyl (C=O) groups is 4. The molecule has 346 valence electrons. The van der Waals surface area contributed by atoms with E-state index in [2.05, 4.69) is 23.6 Å². The van der Waals surface area contributed by atoms with Crippen LogP contribution in [0.2, 0.25) is 0 Å². The smallest absolute Gasteiger partial charge is 0.285 e. The molecular formula is C47H59N3O13S. The largest absolute Gasteiger partial charge is 0.379 e. The van der Waals surface area contributed by atoms with E-state index in [9.17, 15) is 27.6 Å². The molecule has 0 spiro atoms. The summed E-state index contributed by atoms with van der Waals surface area (Å²) in [4.78, 5) is 57.8. The Kier molecular flexibility index (Phi) is 17.9. The fourth-order valence-electron chi connectivity index (χ4n) is 7.67. The van der Waals surface area contributed by atoms with Crippen LogP contribution in [0.1, 0.15) is 88.4 Å². The molecule has 0 aliphatic carbocycles. The van der Waals surface area contributed by atoms with Crippen molar-refractivity contribution < 1.29 is 60.3 Å². The minimum Gasteiger partial charge on any atom is -0.379 e. The van der Waals surface area contributed by atoms with E-state index < -0.39 is 33.7 Å². The van der Waals surface area contributed by atoms with Crippen LogP contribution in [0.25, 0.3) is 43.1 Å². The zero-order chi connectivity index (χ0) is 45.6. The van der Waals surface area contributed by atoms with E-state index in [1.807, 2.05) is 31.2 Å². The summed E-state index contributed by atoms with van der Waals surface area (Å²) < 4.78 is 60.8. The second-order valence-electron chi connectivity index (χ2n) is 15.2. The van der Waals surface area contributed by atoms with E-state index in [-0.39, 0.29) is 65.1 Å². The van der Waals surface area contributed by atoms with Crippen LogP contribution >= 0.6 is 0 Å². The van der Waals surface area contributed by atoms with Gasteiger partial charge in [0.2, 0.25) is 0 Å². The van der Waals surface area contributed by atoms with Gasteiger partial charge in [0.1, 0.15) is 5.75 Å². The van der Waals surface area contributed by atoms with Crippen molar-refractivity contribution in [3.8, 4) is 0 Å². The first-order valence-corrected chi connectivity index (χ1v) is 23.7. The standard InChI is InChI=1S/C43H49N3O13S.C4H10/c1-3-15-53-18-21-56-22-19-54-16-13-45-40(47)32-9-5-28-30-7-11-34-39-35(12-8-31(37(30)39)29-6-10-33(41(45)48)38(32)36(28)29)43(50)46(42(34)49)14-17-55-20-23-57-24-25-58-26-27-60(51,52)59-44-4-2;1-3-4-2/h5-12,44H,3-4,13-27H2,1-2H3;3-4H2,1-2H3. The van der Waals surface area contributed by atoms with Crippen molar-refractivity contribution in [2.24, 2.45) is 0 Å². The quantitative estimate of drug-likeness (QED) is 0.0209. The molecule has 16 nitrogen and oxygen atoms in total. The topological polar surface area (TPSA) is 186 Å². The zero-order valence-corrected chi connectivity index (χ0v) is 38.0. The highest BCUT2D eigenvalue weighted by Gasteiger charge is 2.36. The predicted molar refractivity (Wildman–Crippen MR) is 243 cm³/mol. The number of nitrogens with one attached hydrogen (secondary N) is 1. The van der Waals surface area contributed by atoms with Gasteiger partial charge in [0.05, 0.1) is 85.8 Å². The van der Waals surface area contributed by atoms with Crippen molar-refractivity contribution >= 4 is 76.8 Å². The number of ether oxygens (including phenoxy) is 6. The van der Waals surface area contributed by atoms with Crippen LogP contribution < -0.4 is 5.48 Å². The Morgan fingerprint density at radius 3 is 1.08 bits per heavy atom. The van der Waals surface area contributed by atoms with Crippen molar-refractivity contribution in [2.45, 2.75) is 47.0 Å². The maximum absolute atomic E-state index is 13.9. The summed E-state index contributed by atoms with van der Waals surface area (Å²) in [5, 5.41) is 5.95. The molecule has 2 aliphatic rings. The number of hydrogen-bond acceptors (Lipinski definition) is 14. The Bertz CT molecular complexity index is 2410. The van der Waals surface area contributed by atoms with Gasteiger partial charge in [0, 0.05) is 46.2 Å². The van der Waals surface area contributed by atoms with Crippen molar-refractivity contribution in [1.29, 1.82) is 0 Å². The summed E-state index contributed by atoms with van der Waals surface area (Å²) in [5.74, 6) is -1.92. The highest BCUT2D eigenvalue weighted by Crippen LogP contribution is 2.46. The van der Waals surface area contributed by atoms with Crippen molar-refractivity contribution in [3.63, 3.8) is 0 Å². The summed E-state index contributed by atoms with van der Waals surface area (Å²) in [7, 11) is -3.70. The Labute approximate surface area is 373 Å². The van der Waals surface area contributed by atoms with E-state index in [4.69, 9.17) is 28.4 Å². The number of rotatable bonds is 27. The van der Waals surface area contributed by atoms with Crippen molar-refractivity contribution in [1.82, 2.24) is 15.3 Å². The monoisotopic (exact) mass is 905 g/mol. The van der Waals surface area contributed by atoms with Crippen molar-refractivity contribution in [2.75, 3.05) is 105 Å². The van der Waals surface area contributed by atoms with Gasteiger partial charge in [-0.2, -0.15) is 18.2 Å². The molecule has 0 radical (unpaired) electrons. The van der Waals surface area contributed by atoms with Crippen LogP contribution in [0.15, 0.2) is 48.5 Å². The van der Waals surface area contributed by atoms with Gasteiger partial charge in [-0.3, -0.25) is 29.0 Å². The van der Waals surface area contributed by atoms with Crippen LogP contribution in [-0.2, 0) is 42.8 Å². The Hall–Kier alpha value is -4.69. The summed E-state index contributed by atoms with van der Waals surface area (Å²) in [5.41, 5.74) is 3.95. The molecule has 0 saturated heterocycles. The van der Waals surface area contributed by atoms with Gasteiger partial charge in [-0.05, 0) is 63.0 Å². The minimum absolute atomic E-state index is 0.0367. The third-order valence-corrected chi connectivity index (χ3v) is 11.9. The summed E-state index contributed by atoms with van der Waals surface area (Å²) >= 11 is 0. The first-order valence-electron chi connectivity index (χ1n) is 22.1. The molecule has 1 N–H and O–H groups in total. The van der Waals surface area contributed by atoms with Gasteiger partial charge in [-0.15, -0.1) is 0 Å². The van der Waals surface area contributed by atoms with E-state index in [1.165, 1.54) is 22.6 Å². The first kappa shape index (κ1) is 48.8.